The summed E-state index contributed by atoms with van der Waals surface area (Å²) in [6.45, 7) is 2.93. The van der Waals surface area contributed by atoms with Crippen molar-refractivity contribution in [1.82, 2.24) is 10.6 Å². The van der Waals surface area contributed by atoms with Crippen LogP contribution in [0.25, 0.3) is 11.1 Å². The minimum Gasteiger partial charge on any atom is -0.349 e. The highest BCUT2D eigenvalue weighted by Gasteiger charge is 2.30. The maximum Gasteiger partial charge on any atom is 0.416 e. The third-order valence-electron chi connectivity index (χ3n) is 4.65. The monoisotopic (exact) mass is 398 g/mol. The Labute approximate surface area is 162 Å². The standard InChI is InChI=1S/C20H21F3N2O.ClH/c1-13-12-16(10-11-24-13)25-19(26)18-5-3-2-4-17(18)14-6-8-15(9-7-14)20(21,22)23;/h2-9,13,16,24H,10-12H2,1H3,(H,25,26);1H. The minimum absolute atomic E-state index is 0. The van der Waals surface area contributed by atoms with Crippen molar-refractivity contribution in [3.8, 4) is 11.1 Å². The third kappa shape index (κ3) is 5.23. The molecule has 1 heterocycles. The number of hydrogen-bond acceptors (Lipinski definition) is 2. The van der Waals surface area contributed by atoms with Crippen molar-refractivity contribution in [3.63, 3.8) is 0 Å². The maximum absolute atomic E-state index is 12.8. The van der Waals surface area contributed by atoms with Gasteiger partial charge in [-0.25, -0.2) is 0 Å². The van der Waals surface area contributed by atoms with Crippen LogP contribution in [0.15, 0.2) is 48.5 Å². The summed E-state index contributed by atoms with van der Waals surface area (Å²) >= 11 is 0. The van der Waals surface area contributed by atoms with Crippen LogP contribution >= 0.6 is 12.4 Å². The molecule has 2 aromatic rings. The van der Waals surface area contributed by atoms with E-state index < -0.39 is 11.7 Å². The zero-order chi connectivity index (χ0) is 18.7. The van der Waals surface area contributed by atoms with Crippen LogP contribution in [0, 0.1) is 0 Å². The Hall–Kier alpha value is -2.05. The van der Waals surface area contributed by atoms with Gasteiger partial charge in [-0.1, -0.05) is 30.3 Å². The fourth-order valence-electron chi connectivity index (χ4n) is 3.30. The molecule has 3 nitrogen and oxygen atoms in total. The summed E-state index contributed by atoms with van der Waals surface area (Å²) in [5.41, 5.74) is 0.980. The second kappa shape index (κ2) is 8.76. The summed E-state index contributed by atoms with van der Waals surface area (Å²) in [5.74, 6) is -0.195. The van der Waals surface area contributed by atoms with E-state index in [1.54, 1.807) is 24.3 Å². The summed E-state index contributed by atoms with van der Waals surface area (Å²) in [7, 11) is 0. The van der Waals surface area contributed by atoms with E-state index >= 15 is 0 Å². The van der Waals surface area contributed by atoms with Gasteiger partial charge in [0, 0.05) is 17.6 Å². The average molecular weight is 399 g/mol. The molecule has 1 aliphatic heterocycles. The number of halogens is 4. The second-order valence-electron chi connectivity index (χ2n) is 6.67. The number of carbonyl (C=O) groups excluding carboxylic acids is 1. The Balaban J connectivity index is 0.00000261. The van der Waals surface area contributed by atoms with Crippen molar-refractivity contribution in [1.29, 1.82) is 0 Å². The Bertz CT molecular complexity index is 778. The number of benzene rings is 2. The molecule has 0 bridgehead atoms. The number of nitrogens with one attached hydrogen (secondary N) is 2. The topological polar surface area (TPSA) is 41.1 Å². The molecule has 1 saturated heterocycles. The molecule has 27 heavy (non-hydrogen) atoms. The molecule has 2 atom stereocenters. The molecule has 0 aliphatic carbocycles. The summed E-state index contributed by atoms with van der Waals surface area (Å²) in [4.78, 5) is 12.7. The number of piperidine rings is 1. The molecular weight excluding hydrogens is 377 g/mol. The highest BCUT2D eigenvalue weighted by Crippen LogP contribution is 2.32. The number of amides is 1. The van der Waals surface area contributed by atoms with Gasteiger partial charge in [0.2, 0.25) is 0 Å². The predicted octanol–water partition coefficient (Wildman–Crippen LogP) is 4.66. The van der Waals surface area contributed by atoms with E-state index in [0.717, 1.165) is 31.5 Å². The molecule has 2 unspecified atom stereocenters. The van der Waals surface area contributed by atoms with Crippen molar-refractivity contribution >= 4 is 18.3 Å². The molecule has 1 amide bonds. The van der Waals surface area contributed by atoms with Gasteiger partial charge in [-0.3, -0.25) is 4.79 Å². The lowest BCUT2D eigenvalue weighted by Gasteiger charge is -2.29. The van der Waals surface area contributed by atoms with E-state index in [1.807, 2.05) is 0 Å². The molecule has 3 rings (SSSR count). The van der Waals surface area contributed by atoms with Crippen LogP contribution in [-0.2, 0) is 6.18 Å². The lowest BCUT2D eigenvalue weighted by atomic mass is 9.96. The minimum atomic E-state index is -4.37. The molecule has 0 aromatic heterocycles. The lowest BCUT2D eigenvalue weighted by Crippen LogP contribution is -2.46. The fourth-order valence-corrected chi connectivity index (χ4v) is 3.30. The van der Waals surface area contributed by atoms with Gasteiger partial charge in [0.15, 0.2) is 0 Å². The van der Waals surface area contributed by atoms with Gasteiger partial charge < -0.3 is 10.6 Å². The molecule has 2 aromatic carbocycles. The molecule has 146 valence electrons. The molecular formula is C20H22ClF3N2O. The number of rotatable bonds is 3. The molecule has 0 radical (unpaired) electrons. The summed E-state index contributed by atoms with van der Waals surface area (Å²) < 4.78 is 38.3. The first-order valence-electron chi connectivity index (χ1n) is 8.65. The smallest absolute Gasteiger partial charge is 0.349 e. The first-order valence-corrected chi connectivity index (χ1v) is 8.65. The van der Waals surface area contributed by atoms with Crippen molar-refractivity contribution in [2.45, 2.75) is 38.0 Å². The van der Waals surface area contributed by atoms with Crippen LogP contribution in [0.3, 0.4) is 0 Å². The normalized spacial score (nSPS) is 19.9. The first kappa shape index (κ1) is 21.3. The van der Waals surface area contributed by atoms with Crippen molar-refractivity contribution in [3.05, 3.63) is 59.7 Å². The molecule has 2 N–H and O–H groups in total. The Morgan fingerprint density at radius 3 is 2.41 bits per heavy atom. The number of alkyl halides is 3. The molecule has 0 saturated carbocycles. The first-order chi connectivity index (χ1) is 12.3. The Morgan fingerprint density at radius 1 is 1.11 bits per heavy atom. The molecule has 0 spiro atoms. The van der Waals surface area contributed by atoms with Gasteiger partial charge in [-0.15, -0.1) is 12.4 Å². The Morgan fingerprint density at radius 2 is 1.78 bits per heavy atom. The highest BCUT2D eigenvalue weighted by molar-refractivity contribution is 6.01. The van der Waals surface area contributed by atoms with Gasteiger partial charge in [0.25, 0.3) is 5.91 Å². The number of carbonyl (C=O) groups is 1. The van der Waals surface area contributed by atoms with E-state index in [2.05, 4.69) is 17.6 Å². The Kier molecular flexibility index (Phi) is 6.89. The SMILES string of the molecule is CC1CC(NC(=O)c2ccccc2-c2ccc(C(F)(F)F)cc2)CCN1.Cl. The zero-order valence-electron chi connectivity index (χ0n) is 14.8. The average Bonchev–Trinajstić information content (AvgIpc) is 2.61. The van der Waals surface area contributed by atoms with E-state index in [4.69, 9.17) is 0 Å². The highest BCUT2D eigenvalue weighted by atomic mass is 35.5. The van der Waals surface area contributed by atoms with Crippen LogP contribution < -0.4 is 10.6 Å². The summed E-state index contributed by atoms with van der Waals surface area (Å²) in [6, 6.07) is 12.3. The van der Waals surface area contributed by atoms with E-state index in [-0.39, 0.29) is 24.4 Å². The fraction of sp³-hybridized carbons (Fsp3) is 0.350. The van der Waals surface area contributed by atoms with Crippen LogP contribution in [0.1, 0.15) is 35.7 Å². The molecule has 1 aliphatic rings. The van der Waals surface area contributed by atoms with Gasteiger partial charge in [-0.2, -0.15) is 13.2 Å². The predicted molar refractivity (Wildman–Crippen MR) is 102 cm³/mol. The van der Waals surface area contributed by atoms with Crippen molar-refractivity contribution < 1.29 is 18.0 Å². The van der Waals surface area contributed by atoms with E-state index in [1.165, 1.54) is 12.1 Å². The van der Waals surface area contributed by atoms with E-state index in [9.17, 15) is 18.0 Å². The van der Waals surface area contributed by atoms with Crippen molar-refractivity contribution in [2.75, 3.05) is 6.54 Å². The van der Waals surface area contributed by atoms with Crippen LogP contribution in [0.2, 0.25) is 0 Å². The second-order valence-corrected chi connectivity index (χ2v) is 6.67. The molecule has 7 heteroatoms. The van der Waals surface area contributed by atoms with Gasteiger partial charge in [-0.05, 0) is 55.6 Å². The number of hydrogen-bond donors (Lipinski definition) is 2. The lowest BCUT2D eigenvalue weighted by molar-refractivity contribution is -0.137. The van der Waals surface area contributed by atoms with Crippen LogP contribution in [0.5, 0.6) is 0 Å². The zero-order valence-corrected chi connectivity index (χ0v) is 15.7. The van der Waals surface area contributed by atoms with Gasteiger partial charge >= 0.3 is 6.18 Å². The summed E-state index contributed by atoms with van der Waals surface area (Å²) in [6.07, 6.45) is -2.66. The van der Waals surface area contributed by atoms with Gasteiger partial charge in [0.05, 0.1) is 5.56 Å². The largest absolute Gasteiger partial charge is 0.416 e. The summed E-state index contributed by atoms with van der Waals surface area (Å²) in [5, 5.41) is 6.39. The maximum atomic E-state index is 12.8. The van der Waals surface area contributed by atoms with Crippen LogP contribution in [-0.4, -0.2) is 24.5 Å². The molecule has 1 fully saturated rings. The quantitative estimate of drug-likeness (QED) is 0.789. The van der Waals surface area contributed by atoms with Gasteiger partial charge in [0.1, 0.15) is 0 Å². The third-order valence-corrected chi connectivity index (χ3v) is 4.65. The van der Waals surface area contributed by atoms with E-state index in [0.29, 0.717) is 22.7 Å². The van der Waals surface area contributed by atoms with Crippen LogP contribution in [0.4, 0.5) is 13.2 Å². The van der Waals surface area contributed by atoms with Crippen molar-refractivity contribution in [2.24, 2.45) is 0 Å².